The van der Waals surface area contributed by atoms with Gasteiger partial charge in [0, 0.05) is 12.1 Å². The summed E-state index contributed by atoms with van der Waals surface area (Å²) in [5.74, 6) is 1.25. The highest BCUT2D eigenvalue weighted by Crippen LogP contribution is 2.17. The Morgan fingerprint density at radius 2 is 2.29 bits per heavy atom. The van der Waals surface area contributed by atoms with Crippen molar-refractivity contribution in [3.05, 3.63) is 38.2 Å². The van der Waals surface area contributed by atoms with Crippen molar-refractivity contribution in [1.29, 1.82) is 0 Å². The quantitative estimate of drug-likeness (QED) is 0.902. The molecule has 0 saturated heterocycles. The Balaban J connectivity index is 2.18. The van der Waals surface area contributed by atoms with Gasteiger partial charge in [-0.15, -0.1) is 0 Å². The minimum atomic E-state index is -0.221. The van der Waals surface area contributed by atoms with Crippen LogP contribution in [0.4, 0.5) is 5.82 Å². The first-order valence-electron chi connectivity index (χ1n) is 4.98. The summed E-state index contributed by atoms with van der Waals surface area (Å²) in [6.45, 7) is 4.22. The second-order valence-electron chi connectivity index (χ2n) is 3.55. The molecule has 0 unspecified atom stereocenters. The van der Waals surface area contributed by atoms with Crippen LogP contribution in [0.5, 0.6) is 0 Å². The van der Waals surface area contributed by atoms with E-state index < -0.39 is 0 Å². The third-order valence-corrected chi connectivity index (χ3v) is 3.15. The third-order valence-electron chi connectivity index (χ3n) is 2.41. The van der Waals surface area contributed by atoms with Gasteiger partial charge < -0.3 is 14.8 Å². The van der Waals surface area contributed by atoms with Crippen LogP contribution in [0, 0.1) is 13.8 Å². The molecule has 2 aromatic heterocycles. The Kier molecular flexibility index (Phi) is 3.28. The number of anilines is 1. The minimum Gasteiger partial charge on any atom is -0.365 e. The lowest BCUT2D eigenvalue weighted by Gasteiger charge is -2.05. The number of H-pyrrole nitrogens is 1. The molecule has 2 rings (SSSR count). The zero-order valence-corrected chi connectivity index (χ0v) is 11.0. The maximum atomic E-state index is 11.3. The summed E-state index contributed by atoms with van der Waals surface area (Å²) in [4.78, 5) is 17.8. The van der Waals surface area contributed by atoms with Gasteiger partial charge >= 0.3 is 0 Å². The van der Waals surface area contributed by atoms with Crippen LogP contribution < -0.4 is 10.9 Å². The Morgan fingerprint density at radius 3 is 2.94 bits per heavy atom. The van der Waals surface area contributed by atoms with Crippen LogP contribution in [0.15, 0.2) is 20.1 Å². The maximum Gasteiger partial charge on any atom is 0.267 e. The largest absolute Gasteiger partial charge is 0.365 e. The van der Waals surface area contributed by atoms with E-state index in [1.165, 1.54) is 6.33 Å². The Labute approximate surface area is 106 Å². The molecule has 0 aliphatic carbocycles. The lowest BCUT2D eigenvalue weighted by atomic mass is 10.2. The van der Waals surface area contributed by atoms with Crippen molar-refractivity contribution >= 4 is 21.7 Å². The number of hydrogen-bond acceptors (Lipinski definition) is 5. The molecule has 2 heterocycles. The SMILES string of the molecule is Cc1noc(C)c1CNc1nc[nH]c(=O)c1Br. The van der Waals surface area contributed by atoms with Gasteiger partial charge in [-0.3, -0.25) is 4.79 Å². The molecule has 2 aromatic rings. The molecule has 0 aromatic carbocycles. The zero-order chi connectivity index (χ0) is 12.4. The summed E-state index contributed by atoms with van der Waals surface area (Å²) in [6, 6.07) is 0. The molecule has 17 heavy (non-hydrogen) atoms. The number of nitrogens with one attached hydrogen (secondary N) is 2. The average Bonchev–Trinajstić information content (AvgIpc) is 2.62. The van der Waals surface area contributed by atoms with Gasteiger partial charge in [0.15, 0.2) is 0 Å². The van der Waals surface area contributed by atoms with E-state index in [0.29, 0.717) is 16.8 Å². The fourth-order valence-corrected chi connectivity index (χ4v) is 1.79. The summed E-state index contributed by atoms with van der Waals surface area (Å²) in [5.41, 5.74) is 1.58. The van der Waals surface area contributed by atoms with E-state index in [4.69, 9.17) is 4.52 Å². The molecule has 0 saturated carbocycles. The summed E-state index contributed by atoms with van der Waals surface area (Å²) < 4.78 is 5.43. The van der Waals surface area contributed by atoms with Crippen molar-refractivity contribution in [2.45, 2.75) is 20.4 Å². The van der Waals surface area contributed by atoms with Gasteiger partial charge in [-0.1, -0.05) is 5.16 Å². The van der Waals surface area contributed by atoms with Crippen molar-refractivity contribution in [2.75, 3.05) is 5.32 Å². The summed E-state index contributed by atoms with van der Waals surface area (Å²) in [5, 5.41) is 6.91. The number of halogens is 1. The van der Waals surface area contributed by atoms with Crippen LogP contribution in [0.2, 0.25) is 0 Å². The van der Waals surface area contributed by atoms with Gasteiger partial charge in [0.1, 0.15) is 16.1 Å². The molecule has 0 aliphatic rings. The molecule has 0 amide bonds. The smallest absolute Gasteiger partial charge is 0.267 e. The molecule has 0 bridgehead atoms. The Hall–Kier alpha value is -1.63. The van der Waals surface area contributed by atoms with Crippen molar-refractivity contribution in [3.63, 3.8) is 0 Å². The van der Waals surface area contributed by atoms with Crippen LogP contribution in [0.1, 0.15) is 17.0 Å². The number of aromatic amines is 1. The molecule has 0 atom stereocenters. The molecular formula is C10H11BrN4O2. The molecule has 0 radical (unpaired) electrons. The maximum absolute atomic E-state index is 11.3. The van der Waals surface area contributed by atoms with Crippen LogP contribution >= 0.6 is 15.9 Å². The van der Waals surface area contributed by atoms with Crippen molar-refractivity contribution in [2.24, 2.45) is 0 Å². The van der Waals surface area contributed by atoms with Gasteiger partial charge in [-0.2, -0.15) is 0 Å². The van der Waals surface area contributed by atoms with E-state index in [1.54, 1.807) is 0 Å². The molecule has 2 N–H and O–H groups in total. The van der Waals surface area contributed by atoms with E-state index in [-0.39, 0.29) is 5.56 Å². The normalized spacial score (nSPS) is 10.5. The van der Waals surface area contributed by atoms with E-state index in [2.05, 4.69) is 36.4 Å². The second kappa shape index (κ2) is 4.70. The Morgan fingerprint density at radius 1 is 1.53 bits per heavy atom. The fraction of sp³-hybridized carbons (Fsp3) is 0.300. The number of aryl methyl sites for hydroxylation is 2. The van der Waals surface area contributed by atoms with Crippen LogP contribution in [0.3, 0.4) is 0 Å². The molecule has 7 heteroatoms. The van der Waals surface area contributed by atoms with Crippen LogP contribution in [-0.2, 0) is 6.54 Å². The second-order valence-corrected chi connectivity index (χ2v) is 4.34. The van der Waals surface area contributed by atoms with E-state index in [1.807, 2.05) is 13.8 Å². The molecular weight excluding hydrogens is 288 g/mol. The lowest BCUT2D eigenvalue weighted by Crippen LogP contribution is -2.12. The summed E-state index contributed by atoms with van der Waals surface area (Å²) in [6.07, 6.45) is 1.35. The predicted molar refractivity (Wildman–Crippen MR) is 65.9 cm³/mol. The third kappa shape index (κ3) is 2.38. The highest BCUT2D eigenvalue weighted by molar-refractivity contribution is 9.10. The van der Waals surface area contributed by atoms with Gasteiger partial charge in [-0.25, -0.2) is 4.98 Å². The van der Waals surface area contributed by atoms with E-state index >= 15 is 0 Å². The molecule has 6 nitrogen and oxygen atoms in total. The van der Waals surface area contributed by atoms with Gasteiger partial charge in [0.05, 0.1) is 12.0 Å². The van der Waals surface area contributed by atoms with Gasteiger partial charge in [-0.05, 0) is 29.8 Å². The first-order valence-corrected chi connectivity index (χ1v) is 5.77. The highest BCUT2D eigenvalue weighted by atomic mass is 79.9. The van der Waals surface area contributed by atoms with Crippen molar-refractivity contribution in [3.8, 4) is 0 Å². The summed E-state index contributed by atoms with van der Waals surface area (Å²) in [7, 11) is 0. The first-order chi connectivity index (χ1) is 8.09. The van der Waals surface area contributed by atoms with Gasteiger partial charge in [0.2, 0.25) is 0 Å². The monoisotopic (exact) mass is 298 g/mol. The number of aromatic nitrogens is 3. The molecule has 90 valence electrons. The van der Waals surface area contributed by atoms with E-state index in [0.717, 1.165) is 17.0 Å². The summed E-state index contributed by atoms with van der Waals surface area (Å²) >= 11 is 3.17. The van der Waals surface area contributed by atoms with E-state index in [9.17, 15) is 4.79 Å². The van der Waals surface area contributed by atoms with Crippen LogP contribution in [-0.4, -0.2) is 15.1 Å². The van der Waals surface area contributed by atoms with Gasteiger partial charge in [0.25, 0.3) is 5.56 Å². The molecule has 0 fully saturated rings. The fourth-order valence-electron chi connectivity index (χ4n) is 1.43. The minimum absolute atomic E-state index is 0.221. The topological polar surface area (TPSA) is 83.8 Å². The predicted octanol–water partition coefficient (Wildman–Crippen LogP) is 1.75. The first kappa shape index (κ1) is 11.8. The number of nitrogens with zero attached hydrogens (tertiary/aromatic N) is 2. The zero-order valence-electron chi connectivity index (χ0n) is 9.37. The van der Waals surface area contributed by atoms with Crippen LogP contribution in [0.25, 0.3) is 0 Å². The highest BCUT2D eigenvalue weighted by Gasteiger charge is 2.10. The molecule has 0 aliphatic heterocycles. The lowest BCUT2D eigenvalue weighted by molar-refractivity contribution is 0.392. The Bertz CT molecular complexity index is 571. The average molecular weight is 299 g/mol. The van der Waals surface area contributed by atoms with Crippen molar-refractivity contribution < 1.29 is 4.52 Å². The number of hydrogen-bond donors (Lipinski definition) is 2. The molecule has 0 spiro atoms. The van der Waals surface area contributed by atoms with Crippen molar-refractivity contribution in [1.82, 2.24) is 15.1 Å². The standard InChI is InChI=1S/C10H11BrN4O2/c1-5-7(6(2)17-15-5)3-12-9-8(11)10(16)14-4-13-9/h4H,3H2,1-2H3,(H2,12,13,14,16). The number of rotatable bonds is 3.